The van der Waals surface area contributed by atoms with E-state index in [1.54, 1.807) is 24.3 Å². The van der Waals surface area contributed by atoms with Crippen LogP contribution >= 0.6 is 11.6 Å². The fraction of sp³-hybridized carbons (Fsp3) is 0.118. The van der Waals surface area contributed by atoms with Gasteiger partial charge < -0.3 is 15.4 Å². The number of anilines is 4. The van der Waals surface area contributed by atoms with E-state index in [1.807, 2.05) is 0 Å². The van der Waals surface area contributed by atoms with Gasteiger partial charge in [-0.3, -0.25) is 10.1 Å². The minimum Gasteiger partial charge on any atom is -0.497 e. The standard InChI is InChI=1S/C17H12ClF3N6O3/c1-30-11-4-2-3-10(6-11)25-15-13(27(28)29)16(24-8-23-15)26-14-12(18)5-9(7-22-14)17(19,20)21/h2-8H,1H3,(H2,22,23,24,25,26). The van der Waals surface area contributed by atoms with Gasteiger partial charge in [0.25, 0.3) is 0 Å². The van der Waals surface area contributed by atoms with Crippen LogP contribution in [0.5, 0.6) is 5.75 Å². The molecule has 1 aromatic carbocycles. The summed E-state index contributed by atoms with van der Waals surface area (Å²) in [6, 6.07) is 7.23. The smallest absolute Gasteiger partial charge is 0.417 e. The van der Waals surface area contributed by atoms with Crippen LogP contribution < -0.4 is 15.4 Å². The molecule has 0 fully saturated rings. The molecular weight excluding hydrogens is 429 g/mol. The first kappa shape index (κ1) is 21.0. The van der Waals surface area contributed by atoms with Gasteiger partial charge in [-0.05, 0) is 18.2 Å². The van der Waals surface area contributed by atoms with Gasteiger partial charge in [0.2, 0.25) is 11.6 Å². The molecule has 9 nitrogen and oxygen atoms in total. The minimum absolute atomic E-state index is 0.159. The molecule has 30 heavy (non-hydrogen) atoms. The van der Waals surface area contributed by atoms with Crippen molar-refractivity contribution in [3.05, 3.63) is 63.6 Å². The Hall–Kier alpha value is -3.67. The van der Waals surface area contributed by atoms with Crippen molar-refractivity contribution in [1.29, 1.82) is 0 Å². The Bertz CT molecular complexity index is 1100. The third-order valence-corrected chi connectivity index (χ3v) is 4.03. The molecule has 0 atom stereocenters. The van der Waals surface area contributed by atoms with Crippen LogP contribution in [0, 0.1) is 10.1 Å². The lowest BCUT2D eigenvalue weighted by Crippen LogP contribution is -2.08. The average Bonchev–Trinajstić information content (AvgIpc) is 2.68. The average molecular weight is 441 g/mol. The van der Waals surface area contributed by atoms with E-state index in [2.05, 4.69) is 25.6 Å². The van der Waals surface area contributed by atoms with Crippen molar-refractivity contribution in [2.45, 2.75) is 6.18 Å². The predicted molar refractivity (Wildman–Crippen MR) is 102 cm³/mol. The van der Waals surface area contributed by atoms with Crippen molar-refractivity contribution in [3.8, 4) is 5.75 Å². The maximum Gasteiger partial charge on any atom is 0.417 e. The molecule has 2 heterocycles. The Labute approximate surface area is 172 Å². The lowest BCUT2D eigenvalue weighted by atomic mass is 10.2. The highest BCUT2D eigenvalue weighted by Crippen LogP contribution is 2.36. The molecule has 0 aliphatic rings. The van der Waals surface area contributed by atoms with Crippen LogP contribution in [0.15, 0.2) is 42.9 Å². The summed E-state index contributed by atoms with van der Waals surface area (Å²) in [6.07, 6.45) is -3.05. The van der Waals surface area contributed by atoms with Gasteiger partial charge in [0, 0.05) is 18.0 Å². The molecule has 0 amide bonds. The van der Waals surface area contributed by atoms with Gasteiger partial charge >= 0.3 is 11.9 Å². The summed E-state index contributed by atoms with van der Waals surface area (Å²) in [5.74, 6) is -0.196. The lowest BCUT2D eigenvalue weighted by Gasteiger charge is -2.12. The van der Waals surface area contributed by atoms with E-state index < -0.39 is 22.4 Å². The number of nitro groups is 1. The Morgan fingerprint density at radius 2 is 1.80 bits per heavy atom. The van der Waals surface area contributed by atoms with Crippen LogP contribution in [0.2, 0.25) is 5.02 Å². The van der Waals surface area contributed by atoms with E-state index in [-0.39, 0.29) is 22.5 Å². The number of methoxy groups -OCH3 is 1. The molecule has 0 unspecified atom stereocenters. The fourth-order valence-electron chi connectivity index (χ4n) is 2.37. The van der Waals surface area contributed by atoms with Gasteiger partial charge in [-0.1, -0.05) is 17.7 Å². The molecule has 13 heteroatoms. The summed E-state index contributed by atoms with van der Waals surface area (Å²) < 4.78 is 43.4. The van der Waals surface area contributed by atoms with Crippen molar-refractivity contribution in [1.82, 2.24) is 15.0 Å². The van der Waals surface area contributed by atoms with Gasteiger partial charge in [-0.2, -0.15) is 13.2 Å². The first-order valence-electron chi connectivity index (χ1n) is 8.09. The highest BCUT2D eigenvalue weighted by molar-refractivity contribution is 6.33. The summed E-state index contributed by atoms with van der Waals surface area (Å²) in [5.41, 5.74) is -1.17. The number of hydrogen-bond donors (Lipinski definition) is 2. The highest BCUT2D eigenvalue weighted by Gasteiger charge is 2.32. The SMILES string of the molecule is COc1cccc(Nc2ncnc(Nc3ncc(C(F)(F)F)cc3Cl)c2[N+](=O)[O-])c1. The zero-order valence-electron chi connectivity index (χ0n) is 15.1. The molecule has 0 radical (unpaired) electrons. The molecule has 2 N–H and O–H groups in total. The Balaban J connectivity index is 1.96. The molecule has 0 saturated carbocycles. The maximum atomic E-state index is 12.8. The zero-order chi connectivity index (χ0) is 21.9. The number of rotatable bonds is 6. The van der Waals surface area contributed by atoms with Crippen molar-refractivity contribution in [3.63, 3.8) is 0 Å². The largest absolute Gasteiger partial charge is 0.497 e. The maximum absolute atomic E-state index is 12.8. The van der Waals surface area contributed by atoms with Crippen LogP contribution in [0.25, 0.3) is 0 Å². The van der Waals surface area contributed by atoms with Crippen molar-refractivity contribution < 1.29 is 22.8 Å². The number of benzene rings is 1. The summed E-state index contributed by atoms with van der Waals surface area (Å²) in [7, 11) is 1.47. The van der Waals surface area contributed by atoms with Crippen LogP contribution in [-0.4, -0.2) is 27.0 Å². The summed E-state index contributed by atoms with van der Waals surface area (Å²) in [6.45, 7) is 0. The summed E-state index contributed by atoms with van der Waals surface area (Å²) in [5, 5.41) is 16.5. The van der Waals surface area contributed by atoms with Crippen LogP contribution in [-0.2, 0) is 6.18 Å². The van der Waals surface area contributed by atoms with Crippen LogP contribution in [0.4, 0.5) is 42.0 Å². The topological polar surface area (TPSA) is 115 Å². The molecule has 0 aliphatic heterocycles. The number of halogens is 4. The third kappa shape index (κ3) is 4.66. The highest BCUT2D eigenvalue weighted by atomic mass is 35.5. The fourth-order valence-corrected chi connectivity index (χ4v) is 2.58. The second-order valence-corrected chi connectivity index (χ2v) is 6.12. The van der Waals surface area contributed by atoms with Gasteiger partial charge in [-0.25, -0.2) is 15.0 Å². The summed E-state index contributed by atoms with van der Waals surface area (Å²) >= 11 is 5.85. The molecule has 0 spiro atoms. The van der Waals surface area contributed by atoms with E-state index in [0.29, 0.717) is 23.7 Å². The molecule has 2 aromatic heterocycles. The molecular formula is C17H12ClF3N6O3. The Morgan fingerprint density at radius 1 is 1.10 bits per heavy atom. The predicted octanol–water partition coefficient (Wildman–Crippen LogP) is 4.95. The Kier molecular flexibility index (Phi) is 5.87. The minimum atomic E-state index is -4.64. The van der Waals surface area contributed by atoms with Gasteiger partial charge in [0.05, 0.1) is 22.6 Å². The van der Waals surface area contributed by atoms with Crippen molar-refractivity contribution in [2.24, 2.45) is 0 Å². The molecule has 0 saturated heterocycles. The van der Waals surface area contributed by atoms with Crippen LogP contribution in [0.1, 0.15) is 5.56 Å². The second kappa shape index (κ2) is 8.37. The molecule has 3 aromatic rings. The molecule has 3 rings (SSSR count). The van der Waals surface area contributed by atoms with Crippen molar-refractivity contribution in [2.75, 3.05) is 17.7 Å². The zero-order valence-corrected chi connectivity index (χ0v) is 15.8. The van der Waals surface area contributed by atoms with Gasteiger partial charge in [-0.15, -0.1) is 0 Å². The van der Waals surface area contributed by atoms with Gasteiger partial charge in [0.15, 0.2) is 5.82 Å². The molecule has 156 valence electrons. The van der Waals surface area contributed by atoms with Crippen molar-refractivity contribution >= 4 is 40.4 Å². The number of alkyl halides is 3. The summed E-state index contributed by atoms with van der Waals surface area (Å²) in [4.78, 5) is 22.2. The van der Waals surface area contributed by atoms with E-state index in [0.717, 1.165) is 6.33 Å². The first-order valence-corrected chi connectivity index (χ1v) is 8.47. The molecule has 0 aliphatic carbocycles. The lowest BCUT2D eigenvalue weighted by molar-refractivity contribution is -0.383. The number of ether oxygens (including phenoxy) is 1. The second-order valence-electron chi connectivity index (χ2n) is 5.71. The third-order valence-electron chi connectivity index (χ3n) is 3.74. The van der Waals surface area contributed by atoms with E-state index in [9.17, 15) is 23.3 Å². The van der Waals surface area contributed by atoms with Gasteiger partial charge in [0.1, 0.15) is 12.1 Å². The van der Waals surface area contributed by atoms with E-state index in [1.165, 1.54) is 7.11 Å². The number of pyridine rings is 1. The molecule has 0 bridgehead atoms. The number of nitrogens with zero attached hydrogens (tertiary/aromatic N) is 4. The first-order chi connectivity index (χ1) is 14.2. The number of aromatic nitrogens is 3. The number of hydrogen-bond acceptors (Lipinski definition) is 8. The normalized spacial score (nSPS) is 11.1. The van der Waals surface area contributed by atoms with E-state index in [4.69, 9.17) is 16.3 Å². The number of nitrogens with one attached hydrogen (secondary N) is 2. The monoisotopic (exact) mass is 440 g/mol. The van der Waals surface area contributed by atoms with Crippen LogP contribution in [0.3, 0.4) is 0 Å². The quantitative estimate of drug-likeness (QED) is 0.408. The Morgan fingerprint density at radius 3 is 2.40 bits per heavy atom. The van der Waals surface area contributed by atoms with E-state index >= 15 is 0 Å².